The van der Waals surface area contributed by atoms with Gasteiger partial charge in [-0.05, 0) is 54.8 Å². The number of anilines is 1. The molecule has 1 aliphatic rings. The van der Waals surface area contributed by atoms with Gasteiger partial charge in [-0.1, -0.05) is 28.1 Å². The number of amides is 2. The quantitative estimate of drug-likeness (QED) is 0.642. The molecule has 1 aliphatic heterocycles. The van der Waals surface area contributed by atoms with E-state index in [0.29, 0.717) is 12.1 Å². The summed E-state index contributed by atoms with van der Waals surface area (Å²) < 4.78 is 26.9. The highest BCUT2D eigenvalue weighted by molar-refractivity contribution is 9.10. The number of benzene rings is 2. The summed E-state index contributed by atoms with van der Waals surface area (Å²) in [7, 11) is -2.40. The minimum absolute atomic E-state index is 0.115. The highest BCUT2D eigenvalue weighted by Crippen LogP contribution is 2.18. The molecule has 1 saturated heterocycles. The summed E-state index contributed by atoms with van der Waals surface area (Å²) in [6.07, 6.45) is 2.45. The van der Waals surface area contributed by atoms with Crippen LogP contribution in [0.25, 0.3) is 0 Å². The third-order valence-corrected chi connectivity index (χ3v) is 7.29. The Kier molecular flexibility index (Phi) is 7.27. The average molecular weight is 494 g/mol. The Labute approximate surface area is 185 Å². The molecule has 0 aliphatic carbocycles. The first-order chi connectivity index (χ1) is 14.3. The van der Waals surface area contributed by atoms with Gasteiger partial charge in [0.15, 0.2) is 0 Å². The van der Waals surface area contributed by atoms with Crippen LogP contribution in [-0.4, -0.2) is 56.1 Å². The van der Waals surface area contributed by atoms with Crippen LogP contribution < -0.4 is 5.32 Å². The summed E-state index contributed by atoms with van der Waals surface area (Å²) in [5, 5.41) is 2.69. The maximum atomic E-state index is 12.6. The molecule has 160 valence electrons. The second-order valence-corrected chi connectivity index (χ2v) is 10.2. The summed E-state index contributed by atoms with van der Waals surface area (Å²) in [6.45, 7) is 1.33. The molecule has 7 nitrogen and oxygen atoms in total. The molecule has 30 heavy (non-hydrogen) atoms. The zero-order chi connectivity index (χ0) is 21.7. The van der Waals surface area contributed by atoms with E-state index < -0.39 is 15.9 Å². The summed E-state index contributed by atoms with van der Waals surface area (Å²) in [6, 6.07) is 13.3. The van der Waals surface area contributed by atoms with Crippen LogP contribution in [-0.2, 0) is 26.0 Å². The number of hydrogen-bond donors (Lipinski definition) is 1. The largest absolute Gasteiger partial charge is 0.342 e. The van der Waals surface area contributed by atoms with Crippen LogP contribution in [0.3, 0.4) is 0 Å². The molecule has 0 spiro atoms. The second-order valence-electron chi connectivity index (χ2n) is 7.22. The van der Waals surface area contributed by atoms with Crippen molar-refractivity contribution in [2.45, 2.75) is 24.2 Å². The molecule has 0 bridgehead atoms. The van der Waals surface area contributed by atoms with Crippen LogP contribution in [0.5, 0.6) is 0 Å². The Bertz CT molecular complexity index is 1000. The first-order valence-corrected chi connectivity index (χ1v) is 11.9. The smallest absolute Gasteiger partial charge is 0.243 e. The van der Waals surface area contributed by atoms with Crippen molar-refractivity contribution < 1.29 is 18.0 Å². The van der Waals surface area contributed by atoms with Gasteiger partial charge in [0, 0.05) is 30.3 Å². The van der Waals surface area contributed by atoms with E-state index >= 15 is 0 Å². The monoisotopic (exact) mass is 493 g/mol. The molecule has 1 heterocycles. The molecule has 0 aromatic heterocycles. The number of nitrogens with one attached hydrogen (secondary N) is 1. The van der Waals surface area contributed by atoms with Crippen molar-refractivity contribution in [1.29, 1.82) is 0 Å². The summed E-state index contributed by atoms with van der Waals surface area (Å²) in [4.78, 5) is 26.5. The van der Waals surface area contributed by atoms with Crippen LogP contribution in [0, 0.1) is 0 Å². The highest BCUT2D eigenvalue weighted by Gasteiger charge is 2.23. The van der Waals surface area contributed by atoms with Gasteiger partial charge >= 0.3 is 0 Å². The Morgan fingerprint density at radius 3 is 2.23 bits per heavy atom. The third kappa shape index (κ3) is 5.68. The van der Waals surface area contributed by atoms with Gasteiger partial charge in [0.25, 0.3) is 0 Å². The number of halogens is 1. The second kappa shape index (κ2) is 9.72. The molecule has 2 aromatic carbocycles. The number of rotatable bonds is 7. The summed E-state index contributed by atoms with van der Waals surface area (Å²) in [5.74, 6) is -0.330. The van der Waals surface area contributed by atoms with Crippen molar-refractivity contribution in [2.75, 3.05) is 32.0 Å². The lowest BCUT2D eigenvalue weighted by molar-refractivity contribution is -0.129. The fourth-order valence-electron chi connectivity index (χ4n) is 3.23. The minimum Gasteiger partial charge on any atom is -0.342 e. The van der Waals surface area contributed by atoms with E-state index in [-0.39, 0.29) is 17.3 Å². The van der Waals surface area contributed by atoms with Crippen molar-refractivity contribution in [3.05, 3.63) is 58.6 Å². The van der Waals surface area contributed by atoms with Gasteiger partial charge in [0.05, 0.1) is 17.9 Å². The van der Waals surface area contributed by atoms with Crippen LogP contribution >= 0.6 is 15.9 Å². The lowest BCUT2D eigenvalue weighted by Gasteiger charge is -2.17. The average Bonchev–Trinajstić information content (AvgIpc) is 3.25. The Hall–Kier alpha value is -2.23. The van der Waals surface area contributed by atoms with E-state index in [9.17, 15) is 18.0 Å². The van der Waals surface area contributed by atoms with E-state index in [0.717, 1.165) is 40.3 Å². The molecule has 1 fully saturated rings. The van der Waals surface area contributed by atoms with Crippen LogP contribution in [0.1, 0.15) is 18.4 Å². The molecule has 2 aromatic rings. The first-order valence-electron chi connectivity index (χ1n) is 9.64. The highest BCUT2D eigenvalue weighted by atomic mass is 79.9. The third-order valence-electron chi connectivity index (χ3n) is 4.94. The fraction of sp³-hybridized carbons (Fsp3) is 0.333. The predicted molar refractivity (Wildman–Crippen MR) is 119 cm³/mol. The SMILES string of the molecule is CN(CC(=O)Nc1ccc(CC(=O)N2CCCC2)cc1)S(=O)(=O)c1ccc(Br)cc1. The van der Waals surface area contributed by atoms with Gasteiger partial charge in [0.2, 0.25) is 21.8 Å². The van der Waals surface area contributed by atoms with Gasteiger partial charge in [0.1, 0.15) is 0 Å². The molecule has 1 N–H and O–H groups in total. The Morgan fingerprint density at radius 2 is 1.63 bits per heavy atom. The molecule has 0 unspecified atom stereocenters. The molecular formula is C21H24BrN3O4S. The standard InChI is InChI=1S/C21H24BrN3O4S/c1-24(30(28,29)19-10-6-17(22)7-11-19)15-20(26)23-18-8-4-16(5-9-18)14-21(27)25-12-2-3-13-25/h4-11H,2-3,12-15H2,1H3,(H,23,26). The maximum Gasteiger partial charge on any atom is 0.243 e. The zero-order valence-electron chi connectivity index (χ0n) is 16.7. The number of nitrogens with zero attached hydrogens (tertiary/aromatic N) is 2. The number of carbonyl (C=O) groups excluding carboxylic acids is 2. The predicted octanol–water partition coefficient (Wildman–Crippen LogP) is 2.87. The van der Waals surface area contributed by atoms with Crippen molar-refractivity contribution in [3.8, 4) is 0 Å². The Balaban J connectivity index is 1.55. The number of carbonyl (C=O) groups is 2. The van der Waals surface area contributed by atoms with Crippen LogP contribution in [0.2, 0.25) is 0 Å². The van der Waals surface area contributed by atoms with E-state index in [1.165, 1.54) is 19.2 Å². The van der Waals surface area contributed by atoms with Crippen molar-refractivity contribution in [2.24, 2.45) is 0 Å². The van der Waals surface area contributed by atoms with E-state index in [2.05, 4.69) is 21.2 Å². The van der Waals surface area contributed by atoms with Gasteiger partial charge in [-0.15, -0.1) is 0 Å². The van der Waals surface area contributed by atoms with Gasteiger partial charge in [-0.2, -0.15) is 4.31 Å². The van der Waals surface area contributed by atoms with Gasteiger partial charge < -0.3 is 10.2 Å². The van der Waals surface area contributed by atoms with Crippen LogP contribution in [0.15, 0.2) is 57.9 Å². The lowest BCUT2D eigenvalue weighted by Crippen LogP contribution is -2.34. The van der Waals surface area contributed by atoms with Gasteiger partial charge in [-0.3, -0.25) is 9.59 Å². The van der Waals surface area contributed by atoms with Gasteiger partial charge in [-0.25, -0.2) is 8.42 Å². The van der Waals surface area contributed by atoms with E-state index in [1.807, 2.05) is 4.90 Å². The Morgan fingerprint density at radius 1 is 1.03 bits per heavy atom. The maximum absolute atomic E-state index is 12.6. The summed E-state index contributed by atoms with van der Waals surface area (Å²) >= 11 is 3.27. The fourth-order valence-corrected chi connectivity index (χ4v) is 4.62. The molecule has 0 atom stereocenters. The molecule has 9 heteroatoms. The summed E-state index contributed by atoms with van der Waals surface area (Å²) in [5.41, 5.74) is 1.42. The number of likely N-dealkylation sites (tertiary alicyclic amines) is 1. The van der Waals surface area contributed by atoms with E-state index in [4.69, 9.17) is 0 Å². The number of hydrogen-bond acceptors (Lipinski definition) is 4. The molecule has 0 saturated carbocycles. The number of sulfonamides is 1. The van der Waals surface area contributed by atoms with Crippen molar-refractivity contribution in [3.63, 3.8) is 0 Å². The van der Waals surface area contributed by atoms with Crippen molar-refractivity contribution >= 4 is 43.5 Å². The number of likely N-dealkylation sites (N-methyl/N-ethyl adjacent to an activating group) is 1. The normalized spacial score (nSPS) is 14.2. The minimum atomic E-state index is -3.76. The lowest BCUT2D eigenvalue weighted by atomic mass is 10.1. The van der Waals surface area contributed by atoms with Crippen LogP contribution in [0.4, 0.5) is 5.69 Å². The molecule has 0 radical (unpaired) electrons. The van der Waals surface area contributed by atoms with E-state index in [1.54, 1.807) is 36.4 Å². The first kappa shape index (κ1) is 22.5. The molecule has 2 amide bonds. The topological polar surface area (TPSA) is 86.8 Å². The zero-order valence-corrected chi connectivity index (χ0v) is 19.1. The van der Waals surface area contributed by atoms with Crippen molar-refractivity contribution in [1.82, 2.24) is 9.21 Å². The molecule has 3 rings (SSSR count). The molecular weight excluding hydrogens is 470 g/mol.